The number of rotatable bonds is 2. The maximum absolute atomic E-state index is 11.5. The predicted molar refractivity (Wildman–Crippen MR) is 55.2 cm³/mol. The highest BCUT2D eigenvalue weighted by Crippen LogP contribution is 2.21. The van der Waals surface area contributed by atoms with Crippen LogP contribution in [0.25, 0.3) is 0 Å². The summed E-state index contributed by atoms with van der Waals surface area (Å²) in [5.74, 6) is 0.222. The number of hydrogen-bond donors (Lipinski definition) is 0. The number of aromatic nitrogens is 1. The molecule has 3 nitrogen and oxygen atoms in total. The van der Waals surface area contributed by atoms with Gasteiger partial charge in [-0.3, -0.25) is 9.78 Å². The molecule has 1 saturated heterocycles. The van der Waals surface area contributed by atoms with E-state index in [1.54, 1.807) is 6.20 Å². The highest BCUT2D eigenvalue weighted by atomic mass is 16.2. The monoisotopic (exact) mass is 190 g/mol. The molecule has 0 unspecified atom stereocenters. The molecule has 2 rings (SSSR count). The molecule has 1 fully saturated rings. The molecule has 3 heteroatoms. The van der Waals surface area contributed by atoms with E-state index in [0.29, 0.717) is 6.42 Å². The summed E-state index contributed by atoms with van der Waals surface area (Å²) in [6, 6.07) is 2.05. The Morgan fingerprint density at radius 3 is 3.00 bits per heavy atom. The molecule has 0 bridgehead atoms. The number of aryl methyl sites for hydroxylation is 1. The van der Waals surface area contributed by atoms with Crippen molar-refractivity contribution in [1.29, 1.82) is 0 Å². The molecule has 0 atom stereocenters. The fraction of sp³-hybridized carbons (Fsp3) is 0.455. The van der Waals surface area contributed by atoms with Crippen molar-refractivity contribution in [2.45, 2.75) is 26.2 Å². The molecule has 74 valence electrons. The molecule has 2 heterocycles. The van der Waals surface area contributed by atoms with Crippen molar-refractivity contribution >= 4 is 11.6 Å². The highest BCUT2D eigenvalue weighted by Gasteiger charge is 2.21. The van der Waals surface area contributed by atoms with Crippen LogP contribution < -0.4 is 4.90 Å². The van der Waals surface area contributed by atoms with Crippen LogP contribution in [0.5, 0.6) is 0 Å². The van der Waals surface area contributed by atoms with Crippen LogP contribution >= 0.6 is 0 Å². The number of carbonyl (C=O) groups is 1. The Morgan fingerprint density at radius 1 is 1.50 bits per heavy atom. The topological polar surface area (TPSA) is 33.2 Å². The van der Waals surface area contributed by atoms with E-state index < -0.39 is 0 Å². The van der Waals surface area contributed by atoms with Gasteiger partial charge < -0.3 is 4.90 Å². The van der Waals surface area contributed by atoms with Gasteiger partial charge in [0.2, 0.25) is 5.91 Å². The molecule has 1 amide bonds. The normalized spacial score (nSPS) is 16.4. The van der Waals surface area contributed by atoms with Crippen molar-refractivity contribution in [2.24, 2.45) is 0 Å². The lowest BCUT2D eigenvalue weighted by atomic mass is 10.2. The van der Waals surface area contributed by atoms with E-state index >= 15 is 0 Å². The van der Waals surface area contributed by atoms with Crippen LogP contribution in [0.15, 0.2) is 18.5 Å². The van der Waals surface area contributed by atoms with E-state index in [1.165, 1.54) is 5.56 Å². The summed E-state index contributed by atoms with van der Waals surface area (Å²) in [6.07, 6.45) is 6.22. The largest absolute Gasteiger partial charge is 0.311 e. The van der Waals surface area contributed by atoms with Crippen LogP contribution in [0, 0.1) is 0 Å². The minimum atomic E-state index is 0.222. The quantitative estimate of drug-likeness (QED) is 0.712. The maximum Gasteiger partial charge on any atom is 0.227 e. The van der Waals surface area contributed by atoms with Gasteiger partial charge in [0.25, 0.3) is 0 Å². The minimum absolute atomic E-state index is 0.222. The zero-order valence-electron chi connectivity index (χ0n) is 8.36. The number of pyridine rings is 1. The molecule has 0 aromatic carbocycles. The molecule has 1 aliphatic rings. The first kappa shape index (κ1) is 9.19. The first-order chi connectivity index (χ1) is 6.81. The van der Waals surface area contributed by atoms with E-state index in [-0.39, 0.29) is 5.91 Å². The molecular weight excluding hydrogens is 176 g/mol. The summed E-state index contributed by atoms with van der Waals surface area (Å²) in [6.45, 7) is 2.93. The highest BCUT2D eigenvalue weighted by molar-refractivity contribution is 5.95. The van der Waals surface area contributed by atoms with Gasteiger partial charge in [0.1, 0.15) is 0 Å². The summed E-state index contributed by atoms with van der Waals surface area (Å²) < 4.78 is 0. The van der Waals surface area contributed by atoms with Gasteiger partial charge in [0.05, 0.1) is 11.9 Å². The Balaban J connectivity index is 2.26. The second-order valence-corrected chi connectivity index (χ2v) is 3.55. The maximum atomic E-state index is 11.5. The SMILES string of the molecule is CCc1cncc(N2CCCC2=O)c1. The van der Waals surface area contributed by atoms with Crippen LogP contribution in [0.4, 0.5) is 5.69 Å². The Labute approximate surface area is 83.8 Å². The van der Waals surface area contributed by atoms with Gasteiger partial charge >= 0.3 is 0 Å². The van der Waals surface area contributed by atoms with Crippen molar-refractivity contribution in [1.82, 2.24) is 4.98 Å². The molecule has 0 N–H and O–H groups in total. The Morgan fingerprint density at radius 2 is 2.36 bits per heavy atom. The molecule has 1 aromatic heterocycles. The van der Waals surface area contributed by atoms with Gasteiger partial charge in [-0.1, -0.05) is 6.92 Å². The summed E-state index contributed by atoms with van der Waals surface area (Å²) >= 11 is 0. The van der Waals surface area contributed by atoms with E-state index in [0.717, 1.165) is 25.1 Å². The van der Waals surface area contributed by atoms with Crippen LogP contribution in [-0.2, 0) is 11.2 Å². The number of hydrogen-bond acceptors (Lipinski definition) is 2. The molecule has 0 saturated carbocycles. The van der Waals surface area contributed by atoms with Crippen molar-refractivity contribution in [2.75, 3.05) is 11.4 Å². The van der Waals surface area contributed by atoms with Gasteiger partial charge in [-0.2, -0.15) is 0 Å². The fourth-order valence-electron chi connectivity index (χ4n) is 1.74. The molecule has 0 radical (unpaired) electrons. The van der Waals surface area contributed by atoms with Crippen LogP contribution in [0.1, 0.15) is 25.3 Å². The summed E-state index contributed by atoms with van der Waals surface area (Å²) in [5.41, 5.74) is 2.13. The summed E-state index contributed by atoms with van der Waals surface area (Å²) in [5, 5.41) is 0. The summed E-state index contributed by atoms with van der Waals surface area (Å²) in [7, 11) is 0. The molecule has 0 aliphatic carbocycles. The van der Waals surface area contributed by atoms with E-state index in [1.807, 2.05) is 11.1 Å². The smallest absolute Gasteiger partial charge is 0.227 e. The van der Waals surface area contributed by atoms with Gasteiger partial charge in [-0.25, -0.2) is 0 Å². The number of amides is 1. The second-order valence-electron chi connectivity index (χ2n) is 3.55. The first-order valence-electron chi connectivity index (χ1n) is 5.05. The van der Waals surface area contributed by atoms with Crippen molar-refractivity contribution in [3.63, 3.8) is 0 Å². The van der Waals surface area contributed by atoms with Crippen molar-refractivity contribution < 1.29 is 4.79 Å². The van der Waals surface area contributed by atoms with E-state index in [9.17, 15) is 4.79 Å². The lowest BCUT2D eigenvalue weighted by Crippen LogP contribution is -2.23. The Bertz CT molecular complexity index is 349. The van der Waals surface area contributed by atoms with Crippen LogP contribution in [0.2, 0.25) is 0 Å². The summed E-state index contributed by atoms with van der Waals surface area (Å²) in [4.78, 5) is 17.4. The lowest BCUT2D eigenvalue weighted by Gasteiger charge is -2.15. The Kier molecular flexibility index (Phi) is 2.48. The van der Waals surface area contributed by atoms with E-state index in [2.05, 4.69) is 18.0 Å². The third-order valence-corrected chi connectivity index (χ3v) is 2.57. The van der Waals surface area contributed by atoms with E-state index in [4.69, 9.17) is 0 Å². The Hall–Kier alpha value is -1.38. The fourth-order valence-corrected chi connectivity index (χ4v) is 1.74. The standard InChI is InChI=1S/C11H14N2O/c1-2-9-6-10(8-12-7-9)13-5-3-4-11(13)14/h6-8H,2-5H2,1H3. The predicted octanol–water partition coefficient (Wildman–Crippen LogP) is 1.77. The van der Waals surface area contributed by atoms with Crippen molar-refractivity contribution in [3.05, 3.63) is 24.0 Å². The average Bonchev–Trinajstić information content (AvgIpc) is 2.65. The van der Waals surface area contributed by atoms with Crippen LogP contribution in [0.3, 0.4) is 0 Å². The zero-order chi connectivity index (χ0) is 9.97. The van der Waals surface area contributed by atoms with Gasteiger partial charge in [0, 0.05) is 19.2 Å². The van der Waals surface area contributed by atoms with Gasteiger partial charge in [0.15, 0.2) is 0 Å². The number of anilines is 1. The first-order valence-corrected chi connectivity index (χ1v) is 5.05. The molecule has 1 aromatic rings. The molecule has 1 aliphatic heterocycles. The van der Waals surface area contributed by atoms with Gasteiger partial charge in [-0.15, -0.1) is 0 Å². The second kappa shape index (κ2) is 3.78. The minimum Gasteiger partial charge on any atom is -0.311 e. The number of carbonyl (C=O) groups excluding carboxylic acids is 1. The average molecular weight is 190 g/mol. The number of nitrogens with zero attached hydrogens (tertiary/aromatic N) is 2. The third-order valence-electron chi connectivity index (χ3n) is 2.57. The zero-order valence-corrected chi connectivity index (χ0v) is 8.36. The lowest BCUT2D eigenvalue weighted by molar-refractivity contribution is -0.117. The van der Waals surface area contributed by atoms with Gasteiger partial charge in [-0.05, 0) is 24.5 Å². The van der Waals surface area contributed by atoms with Crippen molar-refractivity contribution in [3.8, 4) is 0 Å². The molecular formula is C11H14N2O. The third kappa shape index (κ3) is 1.62. The molecule has 0 spiro atoms. The van der Waals surface area contributed by atoms with Crippen LogP contribution in [-0.4, -0.2) is 17.4 Å². The molecule has 14 heavy (non-hydrogen) atoms.